The van der Waals surface area contributed by atoms with Gasteiger partial charge in [-0.05, 0) is 66.6 Å². The fraction of sp³-hybridized carbons (Fsp3) is 0.179. The molecule has 1 heterocycles. The molecule has 2 N–H and O–H groups in total. The molecule has 2 amide bonds. The van der Waals surface area contributed by atoms with E-state index in [4.69, 9.17) is 9.47 Å². The van der Waals surface area contributed by atoms with Crippen LogP contribution < -0.4 is 19.7 Å². The number of hydrogen-bond acceptors (Lipinski definition) is 6. The van der Waals surface area contributed by atoms with Crippen LogP contribution in [0.4, 0.5) is 11.4 Å². The fourth-order valence-electron chi connectivity index (χ4n) is 4.34. The number of amides is 2. The Morgan fingerprint density at radius 2 is 1.64 bits per heavy atom. The summed E-state index contributed by atoms with van der Waals surface area (Å²) in [6.45, 7) is 3.16. The topological polar surface area (TPSA) is 105 Å². The molecule has 3 aromatic carbocycles. The van der Waals surface area contributed by atoms with Gasteiger partial charge in [-0.3, -0.25) is 19.3 Å². The number of benzene rings is 3. The Hall–Kier alpha value is -4.59. The van der Waals surface area contributed by atoms with Crippen LogP contribution in [-0.4, -0.2) is 36.9 Å². The smallest absolute Gasteiger partial charge is 0.300 e. The number of aryl methyl sites for hydroxylation is 1. The van der Waals surface area contributed by atoms with Gasteiger partial charge in [0.25, 0.3) is 11.7 Å². The molecule has 0 aliphatic carbocycles. The van der Waals surface area contributed by atoms with E-state index in [9.17, 15) is 19.5 Å². The average molecular weight is 487 g/mol. The maximum atomic E-state index is 13.4. The molecule has 8 heteroatoms. The second kappa shape index (κ2) is 9.95. The second-order valence-electron chi connectivity index (χ2n) is 8.36. The summed E-state index contributed by atoms with van der Waals surface area (Å²) in [4.78, 5) is 39.7. The maximum absolute atomic E-state index is 13.4. The van der Waals surface area contributed by atoms with E-state index >= 15 is 0 Å². The number of aliphatic hydroxyl groups is 1. The van der Waals surface area contributed by atoms with Crippen LogP contribution >= 0.6 is 0 Å². The quantitative estimate of drug-likeness (QED) is 0.300. The maximum Gasteiger partial charge on any atom is 0.300 e. The molecule has 4 rings (SSSR count). The van der Waals surface area contributed by atoms with Gasteiger partial charge < -0.3 is 19.9 Å². The van der Waals surface area contributed by atoms with Crippen molar-refractivity contribution >= 4 is 34.7 Å². The van der Waals surface area contributed by atoms with Crippen molar-refractivity contribution in [2.75, 3.05) is 24.4 Å². The highest BCUT2D eigenvalue weighted by Gasteiger charge is 2.47. The molecule has 1 unspecified atom stereocenters. The number of hydrogen-bond donors (Lipinski definition) is 2. The van der Waals surface area contributed by atoms with E-state index in [1.54, 1.807) is 73.7 Å². The Kier molecular flexibility index (Phi) is 6.78. The second-order valence-corrected chi connectivity index (χ2v) is 8.36. The summed E-state index contributed by atoms with van der Waals surface area (Å²) in [5, 5.41) is 14.1. The summed E-state index contributed by atoms with van der Waals surface area (Å²) in [7, 11) is 3.06. The third-order valence-corrected chi connectivity index (χ3v) is 5.99. The standard InChI is InChI=1S/C28H26N2O6/c1-16-13-22(36-4)11-12-23(16)26(32)24-25(18-7-5-10-21(14-18)35-3)30(28(34)27(24)33)20-9-6-8-19(15-20)29-17(2)31/h5-15,25,32H,1-4H3,(H,29,31)/b26-24-. The van der Waals surface area contributed by atoms with Crippen molar-refractivity contribution < 1.29 is 29.0 Å². The normalized spacial score (nSPS) is 16.7. The molecule has 0 radical (unpaired) electrons. The summed E-state index contributed by atoms with van der Waals surface area (Å²) >= 11 is 0. The molecule has 1 atom stereocenters. The van der Waals surface area contributed by atoms with Gasteiger partial charge in [-0.1, -0.05) is 18.2 Å². The molecule has 0 spiro atoms. The van der Waals surface area contributed by atoms with Gasteiger partial charge in [-0.2, -0.15) is 0 Å². The van der Waals surface area contributed by atoms with Crippen LogP contribution in [0.25, 0.3) is 5.76 Å². The van der Waals surface area contributed by atoms with E-state index in [1.807, 2.05) is 0 Å². The molecule has 1 aliphatic rings. The zero-order chi connectivity index (χ0) is 26.0. The number of methoxy groups -OCH3 is 2. The van der Waals surface area contributed by atoms with Crippen LogP contribution in [0.2, 0.25) is 0 Å². The van der Waals surface area contributed by atoms with Gasteiger partial charge in [-0.15, -0.1) is 0 Å². The molecule has 3 aromatic rings. The molecule has 1 saturated heterocycles. The van der Waals surface area contributed by atoms with E-state index in [1.165, 1.54) is 26.0 Å². The number of anilines is 2. The van der Waals surface area contributed by atoms with Crippen molar-refractivity contribution in [1.29, 1.82) is 0 Å². The lowest BCUT2D eigenvalue weighted by Gasteiger charge is -2.26. The molecule has 0 saturated carbocycles. The first kappa shape index (κ1) is 24.5. The van der Waals surface area contributed by atoms with Crippen molar-refractivity contribution in [3.8, 4) is 11.5 Å². The van der Waals surface area contributed by atoms with Crippen molar-refractivity contribution in [2.24, 2.45) is 0 Å². The minimum absolute atomic E-state index is 0.0496. The Morgan fingerprint density at radius 3 is 2.31 bits per heavy atom. The average Bonchev–Trinajstić information content (AvgIpc) is 3.13. The van der Waals surface area contributed by atoms with Crippen LogP contribution in [0.1, 0.15) is 29.7 Å². The molecule has 1 aliphatic heterocycles. The van der Waals surface area contributed by atoms with Gasteiger partial charge in [0, 0.05) is 23.9 Å². The third-order valence-electron chi connectivity index (χ3n) is 5.99. The number of Topliss-reactive ketones (excluding diaryl/α,β-unsaturated/α-hetero) is 1. The van der Waals surface area contributed by atoms with Gasteiger partial charge in [0.15, 0.2) is 0 Å². The number of carbonyl (C=O) groups excluding carboxylic acids is 3. The summed E-state index contributed by atoms with van der Waals surface area (Å²) in [5.74, 6) is -1.04. The Labute approximate surface area is 208 Å². The number of ether oxygens (including phenoxy) is 2. The molecule has 1 fully saturated rings. The highest BCUT2D eigenvalue weighted by atomic mass is 16.5. The molecule has 36 heavy (non-hydrogen) atoms. The number of nitrogens with one attached hydrogen (secondary N) is 1. The summed E-state index contributed by atoms with van der Waals surface area (Å²) < 4.78 is 10.6. The monoisotopic (exact) mass is 486 g/mol. The molecular formula is C28H26N2O6. The molecule has 0 bridgehead atoms. The van der Waals surface area contributed by atoms with Crippen LogP contribution in [-0.2, 0) is 14.4 Å². The van der Waals surface area contributed by atoms with E-state index in [0.29, 0.717) is 39.6 Å². The van der Waals surface area contributed by atoms with E-state index in [0.717, 1.165) is 0 Å². The fourth-order valence-corrected chi connectivity index (χ4v) is 4.34. The lowest BCUT2D eigenvalue weighted by atomic mass is 9.93. The van der Waals surface area contributed by atoms with Crippen molar-refractivity contribution in [2.45, 2.75) is 19.9 Å². The van der Waals surface area contributed by atoms with Crippen LogP contribution in [0.5, 0.6) is 11.5 Å². The summed E-state index contributed by atoms with van der Waals surface area (Å²) in [5.41, 5.74) is 2.47. The third kappa shape index (κ3) is 4.53. The molecule has 8 nitrogen and oxygen atoms in total. The molecule has 0 aromatic heterocycles. The van der Waals surface area contributed by atoms with E-state index < -0.39 is 17.7 Å². The summed E-state index contributed by atoms with van der Waals surface area (Å²) in [6, 6.07) is 17.7. The SMILES string of the molecule is COc1cccc(C2/C(=C(/O)c3ccc(OC)cc3C)C(=O)C(=O)N2c2cccc(NC(C)=O)c2)c1. The van der Waals surface area contributed by atoms with E-state index in [-0.39, 0.29) is 17.2 Å². The Bertz CT molecular complexity index is 1390. The number of aliphatic hydroxyl groups excluding tert-OH is 1. The van der Waals surface area contributed by atoms with E-state index in [2.05, 4.69) is 5.32 Å². The number of ketones is 1. The first-order valence-electron chi connectivity index (χ1n) is 11.2. The van der Waals surface area contributed by atoms with Crippen LogP contribution in [0, 0.1) is 6.92 Å². The van der Waals surface area contributed by atoms with Crippen molar-refractivity contribution in [3.05, 3.63) is 89.0 Å². The lowest BCUT2D eigenvalue weighted by Crippen LogP contribution is -2.29. The predicted octanol–water partition coefficient (Wildman–Crippen LogP) is 4.60. The van der Waals surface area contributed by atoms with Gasteiger partial charge >= 0.3 is 0 Å². The number of carbonyl (C=O) groups is 3. The van der Waals surface area contributed by atoms with Crippen LogP contribution in [0.15, 0.2) is 72.3 Å². The number of nitrogens with zero attached hydrogens (tertiary/aromatic N) is 1. The van der Waals surface area contributed by atoms with Crippen LogP contribution in [0.3, 0.4) is 0 Å². The van der Waals surface area contributed by atoms with Crippen molar-refractivity contribution in [3.63, 3.8) is 0 Å². The minimum Gasteiger partial charge on any atom is -0.507 e. The largest absolute Gasteiger partial charge is 0.507 e. The lowest BCUT2D eigenvalue weighted by molar-refractivity contribution is -0.132. The molecular weight excluding hydrogens is 460 g/mol. The number of rotatable bonds is 6. The minimum atomic E-state index is -0.936. The first-order valence-corrected chi connectivity index (χ1v) is 11.2. The Balaban J connectivity index is 1.94. The molecule has 184 valence electrons. The zero-order valence-corrected chi connectivity index (χ0v) is 20.4. The van der Waals surface area contributed by atoms with Gasteiger partial charge in [-0.25, -0.2) is 0 Å². The highest BCUT2D eigenvalue weighted by molar-refractivity contribution is 6.51. The Morgan fingerprint density at radius 1 is 0.944 bits per heavy atom. The van der Waals surface area contributed by atoms with Gasteiger partial charge in [0.05, 0.1) is 25.8 Å². The van der Waals surface area contributed by atoms with Crippen molar-refractivity contribution in [1.82, 2.24) is 0 Å². The zero-order valence-electron chi connectivity index (χ0n) is 20.4. The first-order chi connectivity index (χ1) is 17.2. The predicted molar refractivity (Wildman–Crippen MR) is 136 cm³/mol. The summed E-state index contributed by atoms with van der Waals surface area (Å²) in [6.07, 6.45) is 0. The highest BCUT2D eigenvalue weighted by Crippen LogP contribution is 2.43. The van der Waals surface area contributed by atoms with Gasteiger partial charge in [0.2, 0.25) is 5.91 Å². The van der Waals surface area contributed by atoms with Gasteiger partial charge in [0.1, 0.15) is 17.3 Å².